The summed E-state index contributed by atoms with van der Waals surface area (Å²) in [6, 6.07) is 5.13. The van der Waals surface area contributed by atoms with Gasteiger partial charge >= 0.3 is 12.0 Å². The number of urea groups is 1. The van der Waals surface area contributed by atoms with Gasteiger partial charge in [0.25, 0.3) is 0 Å². The molecule has 5 heteroatoms. The minimum atomic E-state index is -1.00. The van der Waals surface area contributed by atoms with Crippen molar-refractivity contribution in [3.05, 3.63) is 35.4 Å². The predicted molar refractivity (Wildman–Crippen MR) is 79.8 cm³/mol. The van der Waals surface area contributed by atoms with Crippen molar-refractivity contribution in [1.29, 1.82) is 0 Å². The minimum absolute atomic E-state index is 0.249. The normalized spacial score (nSPS) is 10.5. The third-order valence-corrected chi connectivity index (χ3v) is 2.74. The van der Waals surface area contributed by atoms with Crippen molar-refractivity contribution >= 4 is 23.8 Å². The molecule has 0 saturated carbocycles. The minimum Gasteiger partial charge on any atom is -0.478 e. The van der Waals surface area contributed by atoms with Gasteiger partial charge in [0, 0.05) is 18.3 Å². The van der Waals surface area contributed by atoms with E-state index in [2.05, 4.69) is 17.6 Å². The quantitative estimate of drug-likeness (QED) is 0.552. The molecule has 5 nitrogen and oxygen atoms in total. The fourth-order valence-electron chi connectivity index (χ4n) is 1.59. The molecule has 1 rings (SSSR count). The molecule has 0 saturated heterocycles. The Morgan fingerprint density at radius 3 is 2.75 bits per heavy atom. The van der Waals surface area contributed by atoms with Gasteiger partial charge in [0.2, 0.25) is 0 Å². The molecule has 0 spiro atoms. The number of nitrogens with one attached hydrogen (secondary N) is 2. The standard InChI is InChI=1S/C15H20N2O3/c1-3-4-9-16-15(20)17-13-10-12(6-5-11(13)2)7-8-14(18)19/h5-8,10H,3-4,9H2,1-2H3,(H,18,19)(H2,16,17,20). The molecule has 3 N–H and O–H groups in total. The Morgan fingerprint density at radius 1 is 1.35 bits per heavy atom. The topological polar surface area (TPSA) is 78.4 Å². The highest BCUT2D eigenvalue weighted by atomic mass is 16.4. The first-order chi connectivity index (χ1) is 9.52. The maximum Gasteiger partial charge on any atom is 0.328 e. The molecular weight excluding hydrogens is 256 g/mol. The molecule has 0 aliphatic carbocycles. The first-order valence-electron chi connectivity index (χ1n) is 6.59. The maximum atomic E-state index is 11.7. The number of anilines is 1. The number of benzene rings is 1. The smallest absolute Gasteiger partial charge is 0.328 e. The van der Waals surface area contributed by atoms with Gasteiger partial charge in [0.1, 0.15) is 0 Å². The Morgan fingerprint density at radius 2 is 2.10 bits per heavy atom. The predicted octanol–water partition coefficient (Wildman–Crippen LogP) is 3.01. The molecule has 1 aromatic rings. The van der Waals surface area contributed by atoms with Crippen LogP contribution in [0.2, 0.25) is 0 Å². The van der Waals surface area contributed by atoms with E-state index in [-0.39, 0.29) is 6.03 Å². The third kappa shape index (κ3) is 5.56. The fraction of sp³-hybridized carbons (Fsp3) is 0.333. The van der Waals surface area contributed by atoms with Crippen LogP contribution in [0.15, 0.2) is 24.3 Å². The molecule has 0 heterocycles. The van der Waals surface area contributed by atoms with E-state index in [9.17, 15) is 9.59 Å². The van der Waals surface area contributed by atoms with Gasteiger partial charge in [0.05, 0.1) is 0 Å². The van der Waals surface area contributed by atoms with Gasteiger partial charge in [-0.1, -0.05) is 25.5 Å². The van der Waals surface area contributed by atoms with E-state index in [0.717, 1.165) is 30.0 Å². The first-order valence-corrected chi connectivity index (χ1v) is 6.59. The summed E-state index contributed by atoms with van der Waals surface area (Å²) in [7, 11) is 0. The van der Waals surface area contributed by atoms with Crippen molar-refractivity contribution in [3.63, 3.8) is 0 Å². The molecule has 1 aromatic carbocycles. The van der Waals surface area contributed by atoms with E-state index in [1.165, 1.54) is 6.08 Å². The second-order valence-electron chi connectivity index (χ2n) is 4.48. The molecular formula is C15H20N2O3. The lowest BCUT2D eigenvalue weighted by Crippen LogP contribution is -2.29. The SMILES string of the molecule is CCCCNC(=O)Nc1cc(C=CC(=O)O)ccc1C. The third-order valence-electron chi connectivity index (χ3n) is 2.74. The second-order valence-corrected chi connectivity index (χ2v) is 4.48. The summed E-state index contributed by atoms with van der Waals surface area (Å²) in [6.07, 6.45) is 4.51. The van der Waals surface area contributed by atoms with Crippen molar-refractivity contribution in [1.82, 2.24) is 5.32 Å². The van der Waals surface area contributed by atoms with Gasteiger partial charge in [-0.05, 0) is 36.6 Å². The van der Waals surface area contributed by atoms with Gasteiger partial charge in [-0.2, -0.15) is 0 Å². The van der Waals surface area contributed by atoms with E-state index in [1.54, 1.807) is 12.1 Å². The zero-order valence-electron chi connectivity index (χ0n) is 11.8. The average Bonchev–Trinajstić information content (AvgIpc) is 2.40. The van der Waals surface area contributed by atoms with E-state index < -0.39 is 5.97 Å². The summed E-state index contributed by atoms with van der Waals surface area (Å²) in [5.74, 6) is -1.00. The Labute approximate surface area is 118 Å². The number of amides is 2. The number of carbonyl (C=O) groups is 2. The van der Waals surface area contributed by atoms with Gasteiger partial charge in [0.15, 0.2) is 0 Å². The van der Waals surface area contributed by atoms with Crippen LogP contribution in [0.3, 0.4) is 0 Å². The highest BCUT2D eigenvalue weighted by Gasteiger charge is 2.04. The summed E-state index contributed by atoms with van der Waals surface area (Å²) in [4.78, 5) is 22.2. The van der Waals surface area contributed by atoms with E-state index >= 15 is 0 Å². The van der Waals surface area contributed by atoms with Crippen molar-refractivity contribution < 1.29 is 14.7 Å². The number of carboxylic acids is 1. The van der Waals surface area contributed by atoms with Gasteiger partial charge in [-0.3, -0.25) is 0 Å². The van der Waals surface area contributed by atoms with Crippen LogP contribution in [-0.2, 0) is 4.79 Å². The van der Waals surface area contributed by atoms with Gasteiger partial charge in [-0.25, -0.2) is 9.59 Å². The van der Waals surface area contributed by atoms with Crippen molar-refractivity contribution in [2.24, 2.45) is 0 Å². The molecule has 0 aliphatic rings. The van der Waals surface area contributed by atoms with Gasteiger partial charge < -0.3 is 15.7 Å². The number of unbranched alkanes of at least 4 members (excludes halogenated alkanes) is 1. The van der Waals surface area contributed by atoms with Crippen LogP contribution in [0.4, 0.5) is 10.5 Å². The molecule has 0 aliphatic heterocycles. The summed E-state index contributed by atoms with van der Waals surface area (Å²) < 4.78 is 0. The molecule has 20 heavy (non-hydrogen) atoms. The van der Waals surface area contributed by atoms with Crippen LogP contribution in [-0.4, -0.2) is 23.7 Å². The number of rotatable bonds is 6. The molecule has 0 radical (unpaired) electrons. The van der Waals surface area contributed by atoms with Crippen LogP contribution < -0.4 is 10.6 Å². The Balaban J connectivity index is 2.71. The summed E-state index contributed by atoms with van der Waals surface area (Å²) in [5, 5.41) is 14.1. The molecule has 0 aromatic heterocycles. The maximum absolute atomic E-state index is 11.7. The molecule has 0 bridgehead atoms. The number of carbonyl (C=O) groups excluding carboxylic acids is 1. The summed E-state index contributed by atoms with van der Waals surface area (Å²) in [6.45, 7) is 4.58. The highest BCUT2D eigenvalue weighted by Crippen LogP contribution is 2.17. The number of hydrogen-bond acceptors (Lipinski definition) is 2. The lowest BCUT2D eigenvalue weighted by Gasteiger charge is -2.10. The summed E-state index contributed by atoms with van der Waals surface area (Å²) in [5.41, 5.74) is 2.32. The highest BCUT2D eigenvalue weighted by molar-refractivity contribution is 5.91. The molecule has 2 amide bonds. The van der Waals surface area contributed by atoms with Crippen LogP contribution in [0.1, 0.15) is 30.9 Å². The Bertz CT molecular complexity index is 510. The van der Waals surface area contributed by atoms with E-state index in [0.29, 0.717) is 12.2 Å². The summed E-state index contributed by atoms with van der Waals surface area (Å²) >= 11 is 0. The Kier molecular flexibility index (Phi) is 6.29. The number of hydrogen-bond donors (Lipinski definition) is 3. The average molecular weight is 276 g/mol. The van der Waals surface area contributed by atoms with Crippen molar-refractivity contribution in [2.45, 2.75) is 26.7 Å². The van der Waals surface area contributed by atoms with Crippen molar-refractivity contribution in [3.8, 4) is 0 Å². The number of aryl methyl sites for hydroxylation is 1. The lowest BCUT2D eigenvalue weighted by molar-refractivity contribution is -0.131. The first kappa shape index (κ1) is 15.8. The Hall–Kier alpha value is -2.30. The fourth-order valence-corrected chi connectivity index (χ4v) is 1.59. The molecule has 0 unspecified atom stereocenters. The van der Waals surface area contributed by atoms with Crippen molar-refractivity contribution in [2.75, 3.05) is 11.9 Å². The number of aliphatic carboxylic acids is 1. The molecule has 108 valence electrons. The van der Waals surface area contributed by atoms with Crippen LogP contribution >= 0.6 is 0 Å². The van der Waals surface area contributed by atoms with E-state index in [1.807, 2.05) is 13.0 Å². The molecule has 0 atom stereocenters. The van der Waals surface area contributed by atoms with Crippen LogP contribution in [0.25, 0.3) is 6.08 Å². The van der Waals surface area contributed by atoms with Crippen LogP contribution in [0, 0.1) is 6.92 Å². The van der Waals surface area contributed by atoms with Gasteiger partial charge in [-0.15, -0.1) is 0 Å². The van der Waals surface area contributed by atoms with Crippen LogP contribution in [0.5, 0.6) is 0 Å². The zero-order valence-corrected chi connectivity index (χ0v) is 11.8. The molecule has 0 fully saturated rings. The lowest BCUT2D eigenvalue weighted by atomic mass is 10.1. The second kappa shape index (κ2) is 7.99. The number of carboxylic acid groups (broad SMARTS) is 1. The van der Waals surface area contributed by atoms with E-state index in [4.69, 9.17) is 5.11 Å². The monoisotopic (exact) mass is 276 g/mol. The largest absolute Gasteiger partial charge is 0.478 e. The zero-order chi connectivity index (χ0) is 15.0.